The van der Waals surface area contributed by atoms with Gasteiger partial charge in [0, 0.05) is 25.3 Å². The van der Waals surface area contributed by atoms with Crippen LogP contribution in [0.3, 0.4) is 0 Å². The zero-order valence-electron chi connectivity index (χ0n) is 19.8. The van der Waals surface area contributed by atoms with E-state index in [9.17, 15) is 23.6 Å². The quantitative estimate of drug-likeness (QED) is 0.206. The minimum atomic E-state index is -0.875. The highest BCUT2D eigenvalue weighted by molar-refractivity contribution is 7.99. The van der Waals surface area contributed by atoms with Crippen LogP contribution in [-0.4, -0.2) is 48.0 Å². The van der Waals surface area contributed by atoms with Crippen molar-refractivity contribution in [3.8, 4) is 17.1 Å². The van der Waals surface area contributed by atoms with Crippen LogP contribution >= 0.6 is 11.8 Å². The molecule has 0 spiro atoms. The summed E-state index contributed by atoms with van der Waals surface area (Å²) in [7, 11) is 2.53. The van der Waals surface area contributed by atoms with Gasteiger partial charge in [0.1, 0.15) is 17.2 Å². The minimum absolute atomic E-state index is 0.220. The number of nitrogens with zero attached hydrogens (tertiary/aromatic N) is 5. The van der Waals surface area contributed by atoms with Crippen LogP contribution in [0.25, 0.3) is 17.1 Å². The molecule has 0 unspecified atom stereocenters. The Balaban J connectivity index is 1.50. The van der Waals surface area contributed by atoms with Gasteiger partial charge in [0.15, 0.2) is 17.6 Å². The summed E-state index contributed by atoms with van der Waals surface area (Å²) in [4.78, 5) is 49.2. The second kappa shape index (κ2) is 10.6. The van der Waals surface area contributed by atoms with E-state index in [1.54, 1.807) is 16.7 Å². The van der Waals surface area contributed by atoms with Crippen molar-refractivity contribution in [2.24, 2.45) is 14.1 Å². The molecule has 190 valence electrons. The van der Waals surface area contributed by atoms with E-state index in [0.717, 1.165) is 26.6 Å². The zero-order valence-corrected chi connectivity index (χ0v) is 20.6. The molecule has 2 N–H and O–H groups in total. The van der Waals surface area contributed by atoms with Gasteiger partial charge in [-0.25, -0.2) is 9.18 Å². The van der Waals surface area contributed by atoms with Crippen molar-refractivity contribution in [1.82, 2.24) is 23.9 Å². The number of aromatic nitrogens is 5. The molecule has 0 radical (unpaired) electrons. The third kappa shape index (κ3) is 5.21. The highest BCUT2D eigenvalue weighted by atomic mass is 32.2. The molecule has 11 nitrogen and oxygen atoms in total. The smallest absolute Gasteiger partial charge is 0.332 e. The summed E-state index contributed by atoms with van der Waals surface area (Å²) in [6, 6.07) is 14.9. The monoisotopic (exact) mass is 524 g/mol. The maximum atomic E-state index is 13.4. The Morgan fingerprint density at radius 1 is 1.00 bits per heavy atom. The van der Waals surface area contributed by atoms with Crippen molar-refractivity contribution in [1.29, 1.82) is 0 Å². The van der Waals surface area contributed by atoms with E-state index in [-0.39, 0.29) is 11.6 Å². The molecule has 2 heterocycles. The van der Waals surface area contributed by atoms with Gasteiger partial charge >= 0.3 is 11.7 Å². The number of nitrogen functional groups attached to an aromatic ring is 1. The molecule has 0 saturated carbocycles. The summed E-state index contributed by atoms with van der Waals surface area (Å²) in [5, 5.41) is 8.75. The Morgan fingerprint density at radius 3 is 2.35 bits per heavy atom. The Hall–Kier alpha value is -4.52. The highest BCUT2D eigenvalue weighted by Crippen LogP contribution is 2.28. The van der Waals surface area contributed by atoms with Crippen LogP contribution in [0.1, 0.15) is 10.4 Å². The second-order valence-corrected chi connectivity index (χ2v) is 8.77. The van der Waals surface area contributed by atoms with Crippen LogP contribution in [0.15, 0.2) is 69.3 Å². The number of carbonyl (C=O) groups excluding carboxylic acids is 2. The van der Waals surface area contributed by atoms with E-state index in [0.29, 0.717) is 16.5 Å². The van der Waals surface area contributed by atoms with Gasteiger partial charge in [-0.05, 0) is 36.4 Å². The number of thioether (sulfide) groups is 1. The molecule has 0 aliphatic carbocycles. The molecule has 2 aromatic carbocycles. The first kappa shape index (κ1) is 25.6. The summed E-state index contributed by atoms with van der Waals surface area (Å²) in [5.41, 5.74) is 5.12. The summed E-state index contributed by atoms with van der Waals surface area (Å²) in [6.07, 6.45) is 0. The number of ketones is 1. The Bertz CT molecular complexity index is 1600. The first-order valence-electron chi connectivity index (χ1n) is 10.8. The number of anilines is 1. The predicted octanol–water partition coefficient (Wildman–Crippen LogP) is 1.57. The van der Waals surface area contributed by atoms with Crippen molar-refractivity contribution < 1.29 is 18.7 Å². The van der Waals surface area contributed by atoms with Crippen LogP contribution in [0, 0.1) is 5.82 Å². The number of carbonyl (C=O) groups is 2. The van der Waals surface area contributed by atoms with Gasteiger partial charge in [0.25, 0.3) is 5.56 Å². The van der Waals surface area contributed by atoms with Crippen molar-refractivity contribution in [3.63, 3.8) is 0 Å². The van der Waals surface area contributed by atoms with Crippen LogP contribution in [-0.2, 0) is 23.6 Å². The van der Waals surface area contributed by atoms with Crippen LogP contribution in [0.2, 0.25) is 0 Å². The highest BCUT2D eigenvalue weighted by Gasteiger charge is 2.22. The van der Waals surface area contributed by atoms with E-state index < -0.39 is 41.0 Å². The molecule has 0 bridgehead atoms. The summed E-state index contributed by atoms with van der Waals surface area (Å²) in [6.45, 7) is -0.733. The normalized spacial score (nSPS) is 10.9. The number of hydrogen-bond acceptors (Lipinski definition) is 9. The number of ether oxygens (including phenoxy) is 1. The first-order valence-corrected chi connectivity index (χ1v) is 11.8. The van der Waals surface area contributed by atoms with Crippen molar-refractivity contribution in [2.75, 3.05) is 18.1 Å². The molecule has 0 aliphatic heterocycles. The average Bonchev–Trinajstić information content (AvgIpc) is 3.33. The number of nitrogens with two attached hydrogens (primary N) is 1. The number of halogens is 1. The van der Waals surface area contributed by atoms with Crippen molar-refractivity contribution >= 4 is 29.3 Å². The molecule has 13 heteroatoms. The van der Waals surface area contributed by atoms with Gasteiger partial charge in [-0.2, -0.15) is 0 Å². The fourth-order valence-corrected chi connectivity index (χ4v) is 4.21. The van der Waals surface area contributed by atoms with Crippen LogP contribution in [0.5, 0.6) is 0 Å². The fraction of sp³-hybridized carbons (Fsp3) is 0.167. The molecule has 37 heavy (non-hydrogen) atoms. The zero-order chi connectivity index (χ0) is 26.7. The van der Waals surface area contributed by atoms with Crippen molar-refractivity contribution in [2.45, 2.75) is 5.16 Å². The maximum absolute atomic E-state index is 13.4. The lowest BCUT2D eigenvalue weighted by Crippen LogP contribution is -2.42. The molecular formula is C24H21FN6O5S. The van der Waals surface area contributed by atoms with Gasteiger partial charge in [-0.3, -0.25) is 28.1 Å². The molecule has 0 amide bonds. The number of hydrogen-bond donors (Lipinski definition) is 1. The minimum Gasteiger partial charge on any atom is -0.457 e. The van der Waals surface area contributed by atoms with Gasteiger partial charge in [0.2, 0.25) is 5.78 Å². The number of esters is 1. The Labute approximate surface area is 213 Å². The SMILES string of the molecule is Cn1c(N)c(C(=O)COC(=O)CSc2nnc(-c3ccc(F)cc3)n2-c2ccccc2)c(=O)n(C)c1=O. The van der Waals surface area contributed by atoms with E-state index in [1.807, 2.05) is 30.3 Å². The van der Waals surface area contributed by atoms with E-state index >= 15 is 0 Å². The fourth-order valence-electron chi connectivity index (χ4n) is 3.46. The Morgan fingerprint density at radius 2 is 1.68 bits per heavy atom. The van der Waals surface area contributed by atoms with E-state index in [4.69, 9.17) is 10.5 Å². The number of rotatable bonds is 8. The van der Waals surface area contributed by atoms with E-state index in [2.05, 4.69) is 10.2 Å². The van der Waals surface area contributed by atoms with E-state index in [1.165, 1.54) is 26.2 Å². The third-order valence-electron chi connectivity index (χ3n) is 5.42. The van der Waals surface area contributed by atoms with Crippen LogP contribution < -0.4 is 17.0 Å². The summed E-state index contributed by atoms with van der Waals surface area (Å²) >= 11 is 1.02. The lowest BCUT2D eigenvalue weighted by molar-refractivity contribution is -0.139. The molecule has 0 saturated heterocycles. The lowest BCUT2D eigenvalue weighted by atomic mass is 10.2. The molecule has 4 rings (SSSR count). The topological polar surface area (TPSA) is 144 Å². The maximum Gasteiger partial charge on any atom is 0.332 e. The standard InChI is InChI=1S/C24H21FN6O5S/c1-29-20(26)19(22(34)30(2)24(29)35)17(32)12-36-18(33)13-37-23-28-27-21(14-8-10-15(25)11-9-14)31(23)16-6-4-3-5-7-16/h3-11H,12-13,26H2,1-2H3. The number of Topliss-reactive ketones (excluding diaryl/α,β-unsaturated/α-hetero) is 1. The summed E-state index contributed by atoms with van der Waals surface area (Å²) in [5.74, 6) is -2.06. The largest absolute Gasteiger partial charge is 0.457 e. The van der Waals surface area contributed by atoms with Crippen molar-refractivity contribution in [3.05, 3.63) is 86.8 Å². The molecule has 4 aromatic rings. The summed E-state index contributed by atoms with van der Waals surface area (Å²) < 4.78 is 21.9. The van der Waals surface area contributed by atoms with Gasteiger partial charge in [-0.15, -0.1) is 10.2 Å². The molecule has 0 fully saturated rings. The molecule has 0 atom stereocenters. The van der Waals surface area contributed by atoms with Gasteiger partial charge in [-0.1, -0.05) is 30.0 Å². The number of para-hydroxylation sites is 1. The molecule has 2 aromatic heterocycles. The average molecular weight is 525 g/mol. The predicted molar refractivity (Wildman–Crippen MR) is 134 cm³/mol. The first-order chi connectivity index (χ1) is 17.7. The molecule has 0 aliphatic rings. The second-order valence-electron chi connectivity index (χ2n) is 7.82. The Kier molecular flexibility index (Phi) is 7.34. The number of benzene rings is 2. The van der Waals surface area contributed by atoms with Gasteiger partial charge in [0.05, 0.1) is 5.75 Å². The third-order valence-corrected chi connectivity index (χ3v) is 6.32. The van der Waals surface area contributed by atoms with Crippen LogP contribution in [0.4, 0.5) is 10.2 Å². The molecular weight excluding hydrogens is 503 g/mol. The van der Waals surface area contributed by atoms with Gasteiger partial charge < -0.3 is 10.5 Å². The lowest BCUT2D eigenvalue weighted by Gasteiger charge is -2.11.